The van der Waals surface area contributed by atoms with Gasteiger partial charge in [0.05, 0.1) is 22.8 Å². The fraction of sp³-hybridized carbons (Fsp3) is 0.300. The number of pyridine rings is 2. The smallest absolute Gasteiger partial charge is 0.197 e. The Bertz CT molecular complexity index is 1950. The SMILES string of the molecule is C=c1cc[n+]2c(c1=C)-c1c(ccc(C)c1C)C(C)(CC)C2(CC)CC[n+]1ccc2ccccc2c1-c1ccccc1C. The molecule has 2 unspecified atom stereocenters. The fourth-order valence-corrected chi connectivity index (χ4v) is 7.90. The van der Waals surface area contributed by atoms with Crippen molar-refractivity contribution in [2.24, 2.45) is 0 Å². The predicted molar refractivity (Wildman–Crippen MR) is 177 cm³/mol. The number of aromatic nitrogens is 2. The Balaban J connectivity index is 1.60. The Kier molecular flexibility index (Phi) is 6.92. The molecule has 5 aromatic rings. The summed E-state index contributed by atoms with van der Waals surface area (Å²) >= 11 is 0. The molecule has 0 N–H and O–H groups in total. The van der Waals surface area contributed by atoms with E-state index in [1.54, 1.807) is 0 Å². The van der Waals surface area contributed by atoms with Crippen molar-refractivity contribution in [3.8, 4) is 22.5 Å². The first-order valence-electron chi connectivity index (χ1n) is 15.5. The van der Waals surface area contributed by atoms with Gasteiger partial charge in [0.15, 0.2) is 24.5 Å². The first-order chi connectivity index (χ1) is 20.2. The van der Waals surface area contributed by atoms with Gasteiger partial charge in [-0.25, -0.2) is 0 Å². The van der Waals surface area contributed by atoms with Crippen LogP contribution in [0.4, 0.5) is 0 Å². The molecule has 42 heavy (non-hydrogen) atoms. The molecule has 3 aromatic carbocycles. The minimum Gasteiger partial charge on any atom is -0.197 e. The highest BCUT2D eigenvalue weighted by molar-refractivity contribution is 5.93. The van der Waals surface area contributed by atoms with E-state index in [9.17, 15) is 0 Å². The van der Waals surface area contributed by atoms with Gasteiger partial charge in [-0.15, -0.1) is 0 Å². The first kappa shape index (κ1) is 28.1. The van der Waals surface area contributed by atoms with Crippen LogP contribution in [-0.4, -0.2) is 0 Å². The molecule has 6 rings (SSSR count). The predicted octanol–water partition coefficient (Wildman–Crippen LogP) is 7.37. The van der Waals surface area contributed by atoms with Crippen molar-refractivity contribution < 1.29 is 9.13 Å². The molecule has 1 aliphatic rings. The summed E-state index contributed by atoms with van der Waals surface area (Å²) in [7, 11) is 0. The van der Waals surface area contributed by atoms with E-state index in [-0.39, 0.29) is 11.0 Å². The van der Waals surface area contributed by atoms with Gasteiger partial charge in [-0.2, -0.15) is 9.13 Å². The van der Waals surface area contributed by atoms with Crippen molar-refractivity contribution in [1.82, 2.24) is 0 Å². The zero-order chi connectivity index (χ0) is 29.8. The van der Waals surface area contributed by atoms with Crippen LogP contribution in [0.25, 0.3) is 46.4 Å². The zero-order valence-corrected chi connectivity index (χ0v) is 26.2. The summed E-state index contributed by atoms with van der Waals surface area (Å²) in [5.74, 6) is 0. The average molecular weight is 553 g/mol. The lowest BCUT2D eigenvalue weighted by molar-refractivity contribution is -0.782. The molecule has 212 valence electrons. The Morgan fingerprint density at radius 1 is 0.738 bits per heavy atom. The number of nitrogens with zero attached hydrogens (tertiary/aromatic N) is 2. The van der Waals surface area contributed by atoms with Gasteiger partial charge in [-0.3, -0.25) is 0 Å². The molecule has 0 spiro atoms. The standard InChI is InChI=1S/C40H44N2/c1-9-39(8)35-20-19-27(3)30(6)36(35)37-31(7)28(4)21-25-42(37)40(39,10-2)23-26-41-24-22-32-16-12-14-18-34(32)38(41)33-17-13-11-15-29(33)5/h11-22,24-25H,4,7,9-10,23,26H2,1-3,5-6,8H3/q+2. The number of fused-ring (bicyclic) bond motifs is 4. The number of hydrogen-bond acceptors (Lipinski definition) is 0. The molecule has 0 aliphatic carbocycles. The van der Waals surface area contributed by atoms with E-state index < -0.39 is 0 Å². The molecule has 0 saturated carbocycles. The van der Waals surface area contributed by atoms with Crippen molar-refractivity contribution in [1.29, 1.82) is 0 Å². The summed E-state index contributed by atoms with van der Waals surface area (Å²) in [6.45, 7) is 23.9. The average Bonchev–Trinajstić information content (AvgIpc) is 3.00. The van der Waals surface area contributed by atoms with Gasteiger partial charge in [-0.1, -0.05) is 75.5 Å². The van der Waals surface area contributed by atoms with Crippen LogP contribution in [0.1, 0.15) is 62.3 Å². The molecule has 1 aliphatic heterocycles. The third kappa shape index (κ3) is 3.91. The molecule has 2 nitrogen and oxygen atoms in total. The van der Waals surface area contributed by atoms with Crippen molar-refractivity contribution >= 4 is 23.9 Å². The van der Waals surface area contributed by atoms with Crippen LogP contribution in [0.3, 0.4) is 0 Å². The summed E-state index contributed by atoms with van der Waals surface area (Å²) in [5.41, 5.74) is 10.4. The fourth-order valence-electron chi connectivity index (χ4n) is 7.90. The first-order valence-corrected chi connectivity index (χ1v) is 15.5. The topological polar surface area (TPSA) is 7.76 Å². The van der Waals surface area contributed by atoms with E-state index >= 15 is 0 Å². The van der Waals surface area contributed by atoms with Crippen LogP contribution >= 0.6 is 0 Å². The van der Waals surface area contributed by atoms with Crippen molar-refractivity contribution in [2.75, 3.05) is 0 Å². The lowest BCUT2D eigenvalue weighted by Gasteiger charge is -2.48. The lowest BCUT2D eigenvalue weighted by Crippen LogP contribution is -2.71. The molecular weight excluding hydrogens is 508 g/mol. The van der Waals surface area contributed by atoms with Crippen LogP contribution in [0, 0.1) is 20.8 Å². The Morgan fingerprint density at radius 2 is 1.48 bits per heavy atom. The van der Waals surface area contributed by atoms with Gasteiger partial charge >= 0.3 is 0 Å². The minimum atomic E-state index is -0.145. The number of rotatable bonds is 6. The van der Waals surface area contributed by atoms with Gasteiger partial charge < -0.3 is 0 Å². The highest BCUT2D eigenvalue weighted by Crippen LogP contribution is 2.51. The third-order valence-electron chi connectivity index (χ3n) is 10.8. The highest BCUT2D eigenvalue weighted by atomic mass is 15.1. The summed E-state index contributed by atoms with van der Waals surface area (Å²) < 4.78 is 5.12. The summed E-state index contributed by atoms with van der Waals surface area (Å²) in [5, 5.41) is 4.62. The Hall–Kier alpha value is -4.04. The zero-order valence-electron chi connectivity index (χ0n) is 26.2. The summed E-state index contributed by atoms with van der Waals surface area (Å²) in [4.78, 5) is 0. The Morgan fingerprint density at radius 3 is 2.21 bits per heavy atom. The molecule has 0 radical (unpaired) electrons. The van der Waals surface area contributed by atoms with E-state index in [1.165, 1.54) is 55.5 Å². The maximum Gasteiger partial charge on any atom is 0.220 e. The van der Waals surface area contributed by atoms with Gasteiger partial charge in [0.1, 0.15) is 0 Å². The van der Waals surface area contributed by atoms with Crippen LogP contribution in [-0.2, 0) is 17.5 Å². The second kappa shape index (κ2) is 10.3. The van der Waals surface area contributed by atoms with E-state index in [1.807, 2.05) is 0 Å². The van der Waals surface area contributed by atoms with Crippen LogP contribution in [0.5, 0.6) is 0 Å². The van der Waals surface area contributed by atoms with Gasteiger partial charge in [-0.05, 0) is 79.1 Å². The number of aryl methyl sites for hydroxylation is 3. The second-order valence-corrected chi connectivity index (χ2v) is 12.5. The lowest BCUT2D eigenvalue weighted by atomic mass is 9.58. The molecule has 0 saturated heterocycles. The maximum absolute atomic E-state index is 4.60. The molecular formula is C40H44N2+2. The largest absolute Gasteiger partial charge is 0.220 e. The van der Waals surface area contributed by atoms with Crippen molar-refractivity contribution in [3.63, 3.8) is 0 Å². The van der Waals surface area contributed by atoms with E-state index in [0.717, 1.165) is 36.2 Å². The van der Waals surface area contributed by atoms with E-state index in [4.69, 9.17) is 0 Å². The van der Waals surface area contributed by atoms with Crippen LogP contribution in [0.15, 0.2) is 85.2 Å². The number of benzene rings is 3. The minimum absolute atomic E-state index is 0.0669. The van der Waals surface area contributed by atoms with Crippen LogP contribution in [0.2, 0.25) is 0 Å². The second-order valence-electron chi connectivity index (χ2n) is 12.5. The monoisotopic (exact) mass is 552 g/mol. The van der Waals surface area contributed by atoms with E-state index in [0.29, 0.717) is 0 Å². The molecule has 2 aromatic heterocycles. The normalized spacial score (nSPS) is 19.5. The van der Waals surface area contributed by atoms with Crippen LogP contribution < -0.4 is 19.6 Å². The molecule has 0 bridgehead atoms. The van der Waals surface area contributed by atoms with Crippen molar-refractivity contribution in [2.45, 2.75) is 78.3 Å². The quantitative estimate of drug-likeness (QED) is 0.194. The summed E-state index contributed by atoms with van der Waals surface area (Å²) in [6.07, 6.45) is 7.68. The molecule has 0 amide bonds. The molecule has 3 heterocycles. The molecule has 2 atom stereocenters. The Labute approximate surface area is 251 Å². The highest BCUT2D eigenvalue weighted by Gasteiger charge is 2.60. The number of hydrogen-bond donors (Lipinski definition) is 0. The van der Waals surface area contributed by atoms with Gasteiger partial charge in [0.25, 0.3) is 0 Å². The molecule has 0 fully saturated rings. The van der Waals surface area contributed by atoms with Gasteiger partial charge in [0.2, 0.25) is 11.4 Å². The maximum atomic E-state index is 4.60. The third-order valence-corrected chi connectivity index (χ3v) is 10.8. The van der Waals surface area contributed by atoms with E-state index in [2.05, 4.69) is 149 Å². The molecule has 2 heteroatoms. The summed E-state index contributed by atoms with van der Waals surface area (Å²) in [6, 6.07) is 26.8. The van der Waals surface area contributed by atoms with Gasteiger partial charge in [0, 0.05) is 29.3 Å². The van der Waals surface area contributed by atoms with Crippen molar-refractivity contribution in [3.05, 3.63) is 118 Å².